The number of likely N-dealkylation sites (N-methyl/N-ethyl adjacent to an activating group) is 1. The Balaban J connectivity index is 1.37. The van der Waals surface area contributed by atoms with Crippen LogP contribution in [-0.4, -0.2) is 30.4 Å². The van der Waals surface area contributed by atoms with Gasteiger partial charge in [0.25, 0.3) is 0 Å². The summed E-state index contributed by atoms with van der Waals surface area (Å²) in [7, 11) is 1.61. The molecule has 0 atom stereocenters. The number of aromatic nitrogens is 1. The van der Waals surface area contributed by atoms with Gasteiger partial charge in [-0.3, -0.25) is 9.59 Å². The molecular weight excluding hydrogens is 521 g/mol. The average molecular weight is 550 g/mol. The van der Waals surface area contributed by atoms with Gasteiger partial charge in [0.15, 0.2) is 0 Å². The minimum Gasteiger partial charge on any atom is -0.487 e. The Hall–Kier alpha value is -3.61. The molecule has 0 unspecified atom stereocenters. The molecule has 0 radical (unpaired) electrons. The Labute approximate surface area is 232 Å². The number of amides is 2. The molecule has 1 heterocycles. The largest absolute Gasteiger partial charge is 0.487 e. The lowest BCUT2D eigenvalue weighted by Crippen LogP contribution is -2.38. The zero-order valence-electron chi connectivity index (χ0n) is 21.3. The van der Waals surface area contributed by atoms with Gasteiger partial charge in [0.2, 0.25) is 11.8 Å². The Morgan fingerprint density at radius 2 is 1.76 bits per heavy atom. The zero-order chi connectivity index (χ0) is 27.1. The number of rotatable bonds is 10. The van der Waals surface area contributed by atoms with Gasteiger partial charge in [-0.05, 0) is 49.6 Å². The van der Waals surface area contributed by atoms with Crippen LogP contribution in [0.25, 0.3) is 10.9 Å². The first kappa shape index (κ1) is 27.4. The molecule has 196 valence electrons. The first-order chi connectivity index (χ1) is 18.3. The van der Waals surface area contributed by atoms with Gasteiger partial charge in [-0.1, -0.05) is 71.7 Å². The molecule has 0 aliphatic rings. The second-order valence-electron chi connectivity index (χ2n) is 9.00. The van der Waals surface area contributed by atoms with Crippen molar-refractivity contribution in [1.29, 1.82) is 0 Å². The summed E-state index contributed by atoms with van der Waals surface area (Å²) in [5.41, 5.74) is 3.85. The van der Waals surface area contributed by atoms with Gasteiger partial charge in [0.1, 0.15) is 17.9 Å². The molecule has 1 N–H and O–H groups in total. The summed E-state index contributed by atoms with van der Waals surface area (Å²) < 4.78 is 6.07. The minimum atomic E-state index is -0.300. The summed E-state index contributed by atoms with van der Waals surface area (Å²) in [5.74, 6) is 0.146. The number of halogens is 2. The van der Waals surface area contributed by atoms with Crippen LogP contribution in [0.3, 0.4) is 0 Å². The number of carbonyl (C=O) groups is 2. The molecule has 6 nitrogen and oxygen atoms in total. The summed E-state index contributed by atoms with van der Waals surface area (Å²) in [4.78, 5) is 31.1. The maximum atomic E-state index is 12.8. The summed E-state index contributed by atoms with van der Waals surface area (Å²) in [6.45, 7) is 1.89. The number of anilines is 1. The molecule has 0 saturated heterocycles. The van der Waals surface area contributed by atoms with Crippen molar-refractivity contribution in [2.75, 3.05) is 18.5 Å². The Bertz CT molecular complexity index is 1440. The predicted octanol–water partition coefficient (Wildman–Crippen LogP) is 6.53. The Morgan fingerprint density at radius 3 is 2.55 bits per heavy atom. The van der Waals surface area contributed by atoms with Crippen LogP contribution in [0.15, 0.2) is 72.8 Å². The van der Waals surface area contributed by atoms with E-state index in [1.807, 2.05) is 67.6 Å². The number of ether oxygens (including phenoxy) is 1. The topological polar surface area (TPSA) is 71.5 Å². The van der Waals surface area contributed by atoms with E-state index in [0.29, 0.717) is 39.9 Å². The average Bonchev–Trinajstić information content (AvgIpc) is 2.92. The van der Waals surface area contributed by atoms with Crippen LogP contribution in [-0.2, 0) is 22.6 Å². The highest BCUT2D eigenvalue weighted by molar-refractivity contribution is 6.38. The van der Waals surface area contributed by atoms with Gasteiger partial charge < -0.3 is 15.0 Å². The van der Waals surface area contributed by atoms with Crippen LogP contribution in [0.4, 0.5) is 5.69 Å². The number of fused-ring (bicyclic) bond motifs is 1. The highest BCUT2D eigenvalue weighted by Crippen LogP contribution is 2.35. The summed E-state index contributed by atoms with van der Waals surface area (Å²) >= 11 is 13.1. The standard InChI is InChI=1S/C30H29Cl2N3O3/c1-20-14-15-22-11-7-12-26(30(22)34-20)38-19-23-24(31)16-17-25(29(23)32)35(2)28(37)18-33-27(36)13-6-10-21-8-4-3-5-9-21/h3-5,7-9,11-12,14-17H,6,10,13,18-19H2,1-2H3,(H,33,36). The summed E-state index contributed by atoms with van der Waals surface area (Å²) in [6.07, 6.45) is 1.86. The molecule has 4 rings (SSSR count). The number of pyridine rings is 1. The van der Waals surface area contributed by atoms with Crippen molar-refractivity contribution in [2.24, 2.45) is 0 Å². The maximum Gasteiger partial charge on any atom is 0.246 e. The van der Waals surface area contributed by atoms with Crippen molar-refractivity contribution >= 4 is 51.6 Å². The quantitative estimate of drug-likeness (QED) is 0.244. The smallest absolute Gasteiger partial charge is 0.246 e. The van der Waals surface area contributed by atoms with Crippen LogP contribution < -0.4 is 15.0 Å². The molecule has 8 heteroatoms. The van der Waals surface area contributed by atoms with Crippen molar-refractivity contribution in [1.82, 2.24) is 10.3 Å². The van der Waals surface area contributed by atoms with Crippen LogP contribution in [0.1, 0.15) is 29.7 Å². The van der Waals surface area contributed by atoms with E-state index in [1.165, 1.54) is 10.5 Å². The normalized spacial score (nSPS) is 10.8. The lowest BCUT2D eigenvalue weighted by Gasteiger charge is -2.21. The predicted molar refractivity (Wildman–Crippen MR) is 153 cm³/mol. The molecule has 3 aromatic carbocycles. The number of nitrogens with zero attached hydrogens (tertiary/aromatic N) is 2. The molecule has 4 aromatic rings. The van der Waals surface area contributed by atoms with Crippen molar-refractivity contribution in [3.8, 4) is 5.75 Å². The van der Waals surface area contributed by atoms with Crippen LogP contribution in [0.5, 0.6) is 5.75 Å². The zero-order valence-corrected chi connectivity index (χ0v) is 22.9. The second kappa shape index (κ2) is 12.8. The lowest BCUT2D eigenvalue weighted by atomic mass is 10.1. The van der Waals surface area contributed by atoms with E-state index in [4.69, 9.17) is 27.9 Å². The van der Waals surface area contributed by atoms with E-state index in [-0.39, 0.29) is 25.0 Å². The maximum absolute atomic E-state index is 12.8. The van der Waals surface area contributed by atoms with Crippen molar-refractivity contribution in [3.05, 3.63) is 99.7 Å². The van der Waals surface area contributed by atoms with Crippen molar-refractivity contribution in [2.45, 2.75) is 32.8 Å². The molecular formula is C30H29Cl2N3O3. The molecule has 0 aliphatic heterocycles. The molecule has 0 bridgehead atoms. The van der Waals surface area contributed by atoms with Gasteiger partial charge in [-0.25, -0.2) is 4.98 Å². The lowest BCUT2D eigenvalue weighted by molar-refractivity contribution is -0.124. The molecule has 2 amide bonds. The van der Waals surface area contributed by atoms with Gasteiger partial charge in [0, 0.05) is 35.1 Å². The highest BCUT2D eigenvalue weighted by atomic mass is 35.5. The molecule has 0 saturated carbocycles. The third-order valence-corrected chi connectivity index (χ3v) is 7.02. The van der Waals surface area contributed by atoms with Gasteiger partial charge in [0.05, 0.1) is 17.3 Å². The number of aryl methyl sites for hydroxylation is 2. The molecule has 0 fully saturated rings. The van der Waals surface area contributed by atoms with Gasteiger partial charge >= 0.3 is 0 Å². The van der Waals surface area contributed by atoms with Crippen molar-refractivity contribution in [3.63, 3.8) is 0 Å². The molecule has 38 heavy (non-hydrogen) atoms. The molecule has 0 aliphatic carbocycles. The van der Waals surface area contributed by atoms with Gasteiger partial charge in [-0.2, -0.15) is 0 Å². The van der Waals surface area contributed by atoms with E-state index in [9.17, 15) is 9.59 Å². The number of hydrogen-bond donors (Lipinski definition) is 1. The van der Waals surface area contributed by atoms with E-state index >= 15 is 0 Å². The fraction of sp³-hybridized carbons (Fsp3) is 0.233. The highest BCUT2D eigenvalue weighted by Gasteiger charge is 2.19. The van der Waals surface area contributed by atoms with Crippen LogP contribution in [0.2, 0.25) is 10.0 Å². The number of benzene rings is 3. The third kappa shape index (κ3) is 6.82. The minimum absolute atomic E-state index is 0.0976. The van der Waals surface area contributed by atoms with E-state index < -0.39 is 0 Å². The number of hydrogen-bond acceptors (Lipinski definition) is 4. The summed E-state index contributed by atoms with van der Waals surface area (Å²) in [5, 5.41) is 4.40. The Kier molecular flexibility index (Phi) is 9.21. The van der Waals surface area contributed by atoms with E-state index in [0.717, 1.165) is 23.0 Å². The number of nitrogens with one attached hydrogen (secondary N) is 1. The SMILES string of the molecule is Cc1ccc2cccc(OCc3c(Cl)ccc(N(C)C(=O)CNC(=O)CCCc4ccccc4)c3Cl)c2n1. The molecule has 1 aromatic heterocycles. The number of carbonyl (C=O) groups excluding carboxylic acids is 2. The fourth-order valence-electron chi connectivity index (χ4n) is 4.07. The van der Waals surface area contributed by atoms with Gasteiger partial charge in [-0.15, -0.1) is 0 Å². The van der Waals surface area contributed by atoms with Crippen LogP contribution >= 0.6 is 23.2 Å². The summed E-state index contributed by atoms with van der Waals surface area (Å²) in [6, 6.07) is 23.0. The third-order valence-electron chi connectivity index (χ3n) is 6.24. The van der Waals surface area contributed by atoms with Crippen molar-refractivity contribution < 1.29 is 14.3 Å². The number of para-hydroxylation sites is 1. The fourth-order valence-corrected chi connectivity index (χ4v) is 4.68. The monoisotopic (exact) mass is 549 g/mol. The van der Waals surface area contributed by atoms with E-state index in [2.05, 4.69) is 10.3 Å². The first-order valence-electron chi connectivity index (χ1n) is 12.4. The van der Waals surface area contributed by atoms with E-state index in [1.54, 1.807) is 19.2 Å². The first-order valence-corrected chi connectivity index (χ1v) is 13.1. The van der Waals surface area contributed by atoms with Crippen LogP contribution in [0, 0.1) is 6.92 Å². The Morgan fingerprint density at radius 1 is 0.974 bits per heavy atom. The second-order valence-corrected chi connectivity index (χ2v) is 9.78. The molecule has 0 spiro atoms.